The van der Waals surface area contributed by atoms with Gasteiger partial charge in [-0.05, 0) is 42.8 Å². The van der Waals surface area contributed by atoms with E-state index in [1.54, 1.807) is 13.2 Å². The number of nitrogens with zero attached hydrogens (tertiary/aromatic N) is 2. The fourth-order valence-corrected chi connectivity index (χ4v) is 3.30. The number of hydrogen-bond donors (Lipinski definition) is 2. The molecule has 1 aromatic heterocycles. The molecule has 0 aliphatic carbocycles. The number of carbonyl (C=O) groups is 1. The predicted molar refractivity (Wildman–Crippen MR) is 126 cm³/mol. The predicted octanol–water partition coefficient (Wildman–Crippen LogP) is 5.13. The van der Waals surface area contributed by atoms with E-state index in [4.69, 9.17) is 4.74 Å². The van der Waals surface area contributed by atoms with Gasteiger partial charge in [0.2, 0.25) is 0 Å². The van der Waals surface area contributed by atoms with E-state index in [1.165, 1.54) is 0 Å². The van der Waals surface area contributed by atoms with E-state index in [9.17, 15) is 4.79 Å². The van der Waals surface area contributed by atoms with Crippen molar-refractivity contribution in [2.45, 2.75) is 13.5 Å². The maximum Gasteiger partial charge on any atom is 0.251 e. The third-order valence-electron chi connectivity index (χ3n) is 4.92. The summed E-state index contributed by atoms with van der Waals surface area (Å²) in [6.07, 6.45) is 0. The minimum absolute atomic E-state index is 0.145. The number of hydrogen-bond acceptors (Lipinski definition) is 5. The Kier molecular flexibility index (Phi) is 6.41. The molecule has 3 aromatic carbocycles. The van der Waals surface area contributed by atoms with Crippen LogP contribution in [0.5, 0.6) is 5.75 Å². The van der Waals surface area contributed by atoms with Crippen molar-refractivity contribution in [1.82, 2.24) is 15.3 Å². The van der Waals surface area contributed by atoms with Crippen molar-refractivity contribution in [2.24, 2.45) is 0 Å². The Morgan fingerprint density at radius 1 is 0.906 bits per heavy atom. The van der Waals surface area contributed by atoms with Crippen molar-refractivity contribution < 1.29 is 9.53 Å². The van der Waals surface area contributed by atoms with Crippen LogP contribution in [0.25, 0.3) is 11.3 Å². The molecular weight excluding hydrogens is 400 g/mol. The Morgan fingerprint density at radius 3 is 2.44 bits per heavy atom. The lowest BCUT2D eigenvalue weighted by atomic mass is 10.1. The van der Waals surface area contributed by atoms with Gasteiger partial charge in [0.1, 0.15) is 17.4 Å². The van der Waals surface area contributed by atoms with Gasteiger partial charge in [-0.3, -0.25) is 4.79 Å². The Balaban J connectivity index is 1.46. The largest absolute Gasteiger partial charge is 0.497 e. The first-order valence-corrected chi connectivity index (χ1v) is 10.3. The molecule has 6 heteroatoms. The number of rotatable bonds is 7. The topological polar surface area (TPSA) is 76.1 Å². The highest BCUT2D eigenvalue weighted by Crippen LogP contribution is 2.22. The summed E-state index contributed by atoms with van der Waals surface area (Å²) < 4.78 is 5.16. The third kappa shape index (κ3) is 5.29. The van der Waals surface area contributed by atoms with Crippen LogP contribution in [0.2, 0.25) is 0 Å². The molecule has 4 aromatic rings. The van der Waals surface area contributed by atoms with Crippen LogP contribution in [-0.4, -0.2) is 23.0 Å². The first-order chi connectivity index (χ1) is 15.6. The molecule has 160 valence electrons. The van der Waals surface area contributed by atoms with Crippen molar-refractivity contribution in [3.63, 3.8) is 0 Å². The number of carbonyl (C=O) groups excluding carboxylic acids is 1. The van der Waals surface area contributed by atoms with Crippen molar-refractivity contribution in [3.8, 4) is 17.0 Å². The highest BCUT2D eigenvalue weighted by atomic mass is 16.5. The summed E-state index contributed by atoms with van der Waals surface area (Å²) >= 11 is 0. The van der Waals surface area contributed by atoms with Gasteiger partial charge < -0.3 is 15.4 Å². The summed E-state index contributed by atoms with van der Waals surface area (Å²) in [4.78, 5) is 21.7. The van der Waals surface area contributed by atoms with E-state index >= 15 is 0 Å². The molecule has 0 radical (unpaired) electrons. The molecule has 0 bridgehead atoms. The minimum atomic E-state index is -0.145. The average Bonchev–Trinajstić information content (AvgIpc) is 2.83. The number of benzene rings is 3. The van der Waals surface area contributed by atoms with Crippen molar-refractivity contribution in [3.05, 3.63) is 102 Å². The van der Waals surface area contributed by atoms with Crippen LogP contribution in [0.3, 0.4) is 0 Å². The SMILES string of the molecule is COc1ccc(CNC(=O)c2cccc(Nc3cc(-c4ccccc4)nc(C)n3)c2)cc1. The maximum absolute atomic E-state index is 12.6. The second-order valence-electron chi connectivity index (χ2n) is 7.29. The van der Waals surface area contributed by atoms with Crippen molar-refractivity contribution >= 4 is 17.4 Å². The first kappa shape index (κ1) is 21.1. The number of nitrogens with one attached hydrogen (secondary N) is 2. The van der Waals surface area contributed by atoms with Gasteiger partial charge in [0, 0.05) is 29.4 Å². The van der Waals surface area contributed by atoms with Gasteiger partial charge in [-0.1, -0.05) is 48.5 Å². The van der Waals surface area contributed by atoms with Crippen LogP contribution in [0.15, 0.2) is 84.9 Å². The summed E-state index contributed by atoms with van der Waals surface area (Å²) in [5.74, 6) is 1.98. The molecule has 0 atom stereocenters. The maximum atomic E-state index is 12.6. The van der Waals surface area contributed by atoms with Gasteiger partial charge in [-0.15, -0.1) is 0 Å². The van der Waals surface area contributed by atoms with Gasteiger partial charge >= 0.3 is 0 Å². The highest BCUT2D eigenvalue weighted by molar-refractivity contribution is 5.95. The van der Waals surface area contributed by atoms with Gasteiger partial charge in [0.05, 0.1) is 12.8 Å². The fraction of sp³-hybridized carbons (Fsp3) is 0.115. The van der Waals surface area contributed by atoms with Crippen LogP contribution in [0.4, 0.5) is 11.5 Å². The molecule has 0 fully saturated rings. The van der Waals surface area contributed by atoms with Gasteiger partial charge in [-0.25, -0.2) is 9.97 Å². The van der Waals surface area contributed by atoms with Crippen LogP contribution < -0.4 is 15.4 Å². The fourth-order valence-electron chi connectivity index (χ4n) is 3.30. The van der Waals surface area contributed by atoms with Crippen molar-refractivity contribution in [1.29, 1.82) is 0 Å². The van der Waals surface area contributed by atoms with E-state index in [-0.39, 0.29) is 5.91 Å². The summed E-state index contributed by atoms with van der Waals surface area (Å²) in [7, 11) is 1.63. The quantitative estimate of drug-likeness (QED) is 0.430. The van der Waals surface area contributed by atoms with Crippen LogP contribution in [0, 0.1) is 6.92 Å². The molecule has 0 aliphatic rings. The first-order valence-electron chi connectivity index (χ1n) is 10.3. The van der Waals surface area contributed by atoms with E-state index in [0.29, 0.717) is 23.8 Å². The highest BCUT2D eigenvalue weighted by Gasteiger charge is 2.09. The second-order valence-corrected chi connectivity index (χ2v) is 7.29. The van der Waals surface area contributed by atoms with Crippen LogP contribution in [-0.2, 0) is 6.54 Å². The summed E-state index contributed by atoms with van der Waals surface area (Å²) in [6, 6.07) is 26.8. The molecule has 0 saturated heterocycles. The van der Waals surface area contributed by atoms with Gasteiger partial charge in [-0.2, -0.15) is 0 Å². The standard InChI is InChI=1S/C26H24N4O2/c1-18-28-24(20-7-4-3-5-8-20)16-25(29-18)30-22-10-6-9-21(15-22)26(31)27-17-19-11-13-23(32-2)14-12-19/h3-16H,17H2,1-2H3,(H,27,31)(H,28,29,30). The lowest BCUT2D eigenvalue weighted by molar-refractivity contribution is 0.0951. The Bertz CT molecular complexity index is 1210. The number of methoxy groups -OCH3 is 1. The average molecular weight is 425 g/mol. The van der Waals surface area contributed by atoms with E-state index in [0.717, 1.165) is 28.3 Å². The monoisotopic (exact) mass is 424 g/mol. The molecule has 4 rings (SSSR count). The summed E-state index contributed by atoms with van der Waals surface area (Å²) in [5, 5.41) is 6.24. The van der Waals surface area contributed by atoms with E-state index in [2.05, 4.69) is 20.6 Å². The molecule has 32 heavy (non-hydrogen) atoms. The van der Waals surface area contributed by atoms with Crippen LogP contribution in [0.1, 0.15) is 21.7 Å². The summed E-state index contributed by atoms with van der Waals surface area (Å²) in [5.41, 5.74) is 4.21. The molecule has 1 heterocycles. The molecule has 0 saturated carbocycles. The number of anilines is 2. The summed E-state index contributed by atoms with van der Waals surface area (Å²) in [6.45, 7) is 2.30. The Morgan fingerprint density at radius 2 is 1.69 bits per heavy atom. The van der Waals surface area contributed by atoms with Gasteiger partial charge in [0.15, 0.2) is 0 Å². The number of ether oxygens (including phenoxy) is 1. The minimum Gasteiger partial charge on any atom is -0.497 e. The number of aromatic nitrogens is 2. The smallest absolute Gasteiger partial charge is 0.251 e. The zero-order chi connectivity index (χ0) is 22.3. The zero-order valence-electron chi connectivity index (χ0n) is 18.0. The Hall–Kier alpha value is -4.19. The van der Waals surface area contributed by atoms with Crippen molar-refractivity contribution in [2.75, 3.05) is 12.4 Å². The molecule has 0 aliphatic heterocycles. The van der Waals surface area contributed by atoms with Crippen LogP contribution >= 0.6 is 0 Å². The molecule has 0 spiro atoms. The molecule has 0 unspecified atom stereocenters. The molecule has 6 nitrogen and oxygen atoms in total. The van der Waals surface area contributed by atoms with E-state index < -0.39 is 0 Å². The zero-order valence-corrected chi connectivity index (χ0v) is 18.0. The Labute approximate surface area is 187 Å². The lowest BCUT2D eigenvalue weighted by Crippen LogP contribution is -2.22. The molecule has 1 amide bonds. The van der Waals surface area contributed by atoms with Gasteiger partial charge in [0.25, 0.3) is 5.91 Å². The number of aryl methyl sites for hydroxylation is 1. The second kappa shape index (κ2) is 9.75. The third-order valence-corrected chi connectivity index (χ3v) is 4.92. The van der Waals surface area contributed by atoms with E-state index in [1.807, 2.05) is 85.8 Å². The molecule has 2 N–H and O–H groups in total. The lowest BCUT2D eigenvalue weighted by Gasteiger charge is -2.11. The molecular formula is C26H24N4O2. The number of amides is 1. The normalized spacial score (nSPS) is 10.4.